The van der Waals surface area contributed by atoms with E-state index in [1.165, 1.54) is 18.5 Å². The predicted molar refractivity (Wildman–Crippen MR) is 90.9 cm³/mol. The van der Waals surface area contributed by atoms with Gasteiger partial charge in [-0.25, -0.2) is 0 Å². The van der Waals surface area contributed by atoms with E-state index in [9.17, 15) is 0 Å². The van der Waals surface area contributed by atoms with Gasteiger partial charge in [-0.3, -0.25) is 9.88 Å². The summed E-state index contributed by atoms with van der Waals surface area (Å²) in [7, 11) is 1.84. The molecule has 0 amide bonds. The van der Waals surface area contributed by atoms with Gasteiger partial charge >= 0.3 is 0 Å². The molecule has 4 heteroatoms. The lowest BCUT2D eigenvalue weighted by Crippen LogP contribution is -2.48. The number of methoxy groups -OCH3 is 1. The van der Waals surface area contributed by atoms with E-state index >= 15 is 0 Å². The summed E-state index contributed by atoms with van der Waals surface area (Å²) in [5.41, 5.74) is 1.18. The summed E-state index contributed by atoms with van der Waals surface area (Å²) in [4.78, 5) is 6.92. The van der Waals surface area contributed by atoms with Gasteiger partial charge in [0.15, 0.2) is 0 Å². The highest BCUT2D eigenvalue weighted by Crippen LogP contribution is 2.20. The summed E-state index contributed by atoms with van der Waals surface area (Å²) >= 11 is 0. The lowest BCUT2D eigenvalue weighted by atomic mass is 9.95. The lowest BCUT2D eigenvalue weighted by Gasteiger charge is -2.36. The maximum atomic E-state index is 5.75. The van der Waals surface area contributed by atoms with E-state index in [1.807, 2.05) is 19.4 Å². The normalized spacial score (nSPS) is 17.8. The van der Waals surface area contributed by atoms with Crippen molar-refractivity contribution in [2.45, 2.75) is 57.7 Å². The van der Waals surface area contributed by atoms with Crippen LogP contribution in [0.2, 0.25) is 0 Å². The highest BCUT2D eigenvalue weighted by Gasteiger charge is 2.27. The van der Waals surface area contributed by atoms with Crippen molar-refractivity contribution in [3.8, 4) is 0 Å². The fraction of sp³-hybridized carbons (Fsp3) is 0.722. The van der Waals surface area contributed by atoms with Gasteiger partial charge in [0.1, 0.15) is 0 Å². The predicted octanol–water partition coefficient (Wildman–Crippen LogP) is 2.84. The first kappa shape index (κ1) is 17.4. The first-order chi connectivity index (χ1) is 10.7. The number of piperidine rings is 1. The molecule has 1 aliphatic rings. The number of ether oxygens (including phenoxy) is 1. The molecule has 1 N–H and O–H groups in total. The number of likely N-dealkylation sites (tertiary alicyclic amines) is 1. The molecule has 22 heavy (non-hydrogen) atoms. The number of rotatable bonds is 8. The Kier molecular flexibility index (Phi) is 6.80. The maximum absolute atomic E-state index is 5.75. The summed E-state index contributed by atoms with van der Waals surface area (Å²) in [5, 5.41) is 3.73. The molecule has 1 saturated heterocycles. The molecule has 1 fully saturated rings. The molecule has 0 bridgehead atoms. The number of hydrogen-bond donors (Lipinski definition) is 1. The lowest BCUT2D eigenvalue weighted by molar-refractivity contribution is -0.0190. The molecule has 0 radical (unpaired) electrons. The van der Waals surface area contributed by atoms with Gasteiger partial charge in [-0.2, -0.15) is 0 Å². The Labute approximate surface area is 135 Å². The van der Waals surface area contributed by atoms with E-state index in [0.717, 1.165) is 39.0 Å². The van der Waals surface area contributed by atoms with E-state index in [1.54, 1.807) is 0 Å². The Hall–Kier alpha value is -0.970. The number of aromatic nitrogens is 1. The first-order valence-electron chi connectivity index (χ1n) is 8.62. The van der Waals surface area contributed by atoms with Crippen molar-refractivity contribution in [3.63, 3.8) is 0 Å². The van der Waals surface area contributed by atoms with Crippen LogP contribution in [0.3, 0.4) is 0 Å². The van der Waals surface area contributed by atoms with Crippen LogP contribution in [0.15, 0.2) is 24.4 Å². The van der Waals surface area contributed by atoms with Crippen LogP contribution in [0.25, 0.3) is 0 Å². The molecule has 0 aliphatic carbocycles. The monoisotopic (exact) mass is 305 g/mol. The molecule has 4 nitrogen and oxygen atoms in total. The molecular weight excluding hydrogens is 274 g/mol. The van der Waals surface area contributed by atoms with Crippen molar-refractivity contribution in [3.05, 3.63) is 30.1 Å². The molecule has 0 unspecified atom stereocenters. The molecule has 124 valence electrons. The Bertz CT molecular complexity index is 403. The van der Waals surface area contributed by atoms with Gasteiger partial charge in [-0.05, 0) is 37.8 Å². The number of nitrogens with zero attached hydrogens (tertiary/aromatic N) is 2. The Morgan fingerprint density at radius 1 is 1.27 bits per heavy atom. The Morgan fingerprint density at radius 3 is 2.55 bits per heavy atom. The second kappa shape index (κ2) is 8.61. The molecule has 0 saturated carbocycles. The maximum Gasteiger partial charge on any atom is 0.0797 e. The zero-order chi connectivity index (χ0) is 15.8. The van der Waals surface area contributed by atoms with Crippen molar-refractivity contribution in [2.75, 3.05) is 26.7 Å². The third kappa shape index (κ3) is 4.77. The van der Waals surface area contributed by atoms with Crippen LogP contribution < -0.4 is 5.32 Å². The van der Waals surface area contributed by atoms with Crippen LogP contribution in [0.4, 0.5) is 0 Å². The second-order valence-corrected chi connectivity index (χ2v) is 6.35. The van der Waals surface area contributed by atoms with Crippen LogP contribution in [0, 0.1) is 0 Å². The number of pyridine rings is 1. The molecule has 0 aromatic carbocycles. The van der Waals surface area contributed by atoms with Gasteiger partial charge in [0.05, 0.1) is 11.3 Å². The second-order valence-electron chi connectivity index (χ2n) is 6.35. The number of hydrogen-bond acceptors (Lipinski definition) is 4. The minimum Gasteiger partial charge on any atom is -0.377 e. The molecule has 2 heterocycles. The third-order valence-corrected chi connectivity index (χ3v) is 5.13. The van der Waals surface area contributed by atoms with Gasteiger partial charge in [0.2, 0.25) is 0 Å². The Morgan fingerprint density at radius 2 is 2.00 bits per heavy atom. The van der Waals surface area contributed by atoms with E-state index in [0.29, 0.717) is 6.04 Å². The van der Waals surface area contributed by atoms with Gasteiger partial charge in [0.25, 0.3) is 0 Å². The molecule has 1 aromatic rings. The summed E-state index contributed by atoms with van der Waals surface area (Å²) < 4.78 is 5.75. The quantitative estimate of drug-likeness (QED) is 0.801. The molecule has 0 atom stereocenters. The van der Waals surface area contributed by atoms with Gasteiger partial charge in [-0.15, -0.1) is 0 Å². The average Bonchev–Trinajstić information content (AvgIpc) is 2.59. The highest BCUT2D eigenvalue weighted by atomic mass is 16.5. The fourth-order valence-electron chi connectivity index (χ4n) is 3.21. The first-order valence-corrected chi connectivity index (χ1v) is 8.62. The van der Waals surface area contributed by atoms with E-state index in [4.69, 9.17) is 4.74 Å². The van der Waals surface area contributed by atoms with Crippen LogP contribution in [-0.4, -0.2) is 48.3 Å². The third-order valence-electron chi connectivity index (χ3n) is 5.13. The van der Waals surface area contributed by atoms with Gasteiger partial charge in [0, 0.05) is 45.5 Å². The number of nitrogens with one attached hydrogen (secondary N) is 1. The standard InChI is InChI=1S/C18H31N3O/c1-4-18(5-2,22-3)15-20-16-9-12-21(13-10-16)14-17-8-6-7-11-19-17/h6-8,11,16,20H,4-5,9-10,12-15H2,1-3H3. The summed E-state index contributed by atoms with van der Waals surface area (Å²) in [6, 6.07) is 6.77. The van der Waals surface area contributed by atoms with E-state index in [-0.39, 0.29) is 5.60 Å². The topological polar surface area (TPSA) is 37.4 Å². The molecule has 1 aromatic heterocycles. The van der Waals surface area contributed by atoms with Crippen LogP contribution >= 0.6 is 0 Å². The van der Waals surface area contributed by atoms with Crippen LogP contribution in [-0.2, 0) is 11.3 Å². The summed E-state index contributed by atoms with van der Waals surface area (Å²) in [6.45, 7) is 8.65. The van der Waals surface area contributed by atoms with Crippen molar-refractivity contribution < 1.29 is 4.74 Å². The summed E-state index contributed by atoms with van der Waals surface area (Å²) in [5.74, 6) is 0. The van der Waals surface area contributed by atoms with Crippen molar-refractivity contribution in [2.24, 2.45) is 0 Å². The molecule has 2 rings (SSSR count). The van der Waals surface area contributed by atoms with E-state index < -0.39 is 0 Å². The van der Waals surface area contributed by atoms with Gasteiger partial charge < -0.3 is 10.1 Å². The zero-order valence-corrected chi connectivity index (χ0v) is 14.3. The zero-order valence-electron chi connectivity index (χ0n) is 14.3. The van der Waals surface area contributed by atoms with Crippen molar-refractivity contribution in [1.29, 1.82) is 0 Å². The Balaban J connectivity index is 1.73. The van der Waals surface area contributed by atoms with Gasteiger partial charge in [-0.1, -0.05) is 19.9 Å². The average molecular weight is 305 g/mol. The van der Waals surface area contributed by atoms with E-state index in [2.05, 4.69) is 41.2 Å². The minimum absolute atomic E-state index is 0.00505. The SMILES string of the molecule is CCC(CC)(CNC1CCN(Cc2ccccn2)CC1)OC. The van der Waals surface area contributed by atoms with Crippen molar-refractivity contribution >= 4 is 0 Å². The smallest absolute Gasteiger partial charge is 0.0797 e. The van der Waals surface area contributed by atoms with Crippen molar-refractivity contribution in [1.82, 2.24) is 15.2 Å². The minimum atomic E-state index is 0.00505. The summed E-state index contributed by atoms with van der Waals surface area (Å²) in [6.07, 6.45) is 6.42. The largest absolute Gasteiger partial charge is 0.377 e. The van der Waals surface area contributed by atoms with Crippen LogP contribution in [0.5, 0.6) is 0 Å². The molecular formula is C18H31N3O. The van der Waals surface area contributed by atoms with Crippen LogP contribution in [0.1, 0.15) is 45.2 Å². The molecule has 0 spiro atoms. The highest BCUT2D eigenvalue weighted by molar-refractivity contribution is 5.03. The molecule has 1 aliphatic heterocycles. The fourth-order valence-corrected chi connectivity index (χ4v) is 3.21.